The molecule has 0 saturated carbocycles. The van der Waals surface area contributed by atoms with Crippen LogP contribution in [0.4, 0.5) is 0 Å². The summed E-state index contributed by atoms with van der Waals surface area (Å²) in [5.74, 6) is 0.208. The van der Waals surface area contributed by atoms with E-state index in [1.165, 1.54) is 5.56 Å². The molecule has 1 rings (SSSR count). The summed E-state index contributed by atoms with van der Waals surface area (Å²) >= 11 is 0. The van der Waals surface area contributed by atoms with Gasteiger partial charge in [0.15, 0.2) is 9.84 Å². The number of hydrogen-bond acceptors (Lipinski definition) is 3. The Labute approximate surface area is 129 Å². The third-order valence-electron chi connectivity index (χ3n) is 3.75. The number of rotatable bonds is 10. The monoisotopic (exact) mass is 314 g/mol. The molecule has 1 heterocycles. The lowest BCUT2D eigenvalue weighted by atomic mass is 10.1. The molecule has 0 radical (unpaired) electrons. The van der Waals surface area contributed by atoms with Gasteiger partial charge in [-0.3, -0.25) is 0 Å². The molecule has 0 aliphatic rings. The summed E-state index contributed by atoms with van der Waals surface area (Å²) in [4.78, 5) is 0. The lowest BCUT2D eigenvalue weighted by molar-refractivity contribution is 0.493. The van der Waals surface area contributed by atoms with Gasteiger partial charge in [-0.05, 0) is 44.9 Å². The molecule has 0 amide bonds. The second-order valence-corrected chi connectivity index (χ2v) is 8.57. The number of sulfone groups is 1. The highest BCUT2D eigenvalue weighted by atomic mass is 32.2. The van der Waals surface area contributed by atoms with Crippen molar-refractivity contribution < 1.29 is 8.42 Å². The molecular formula is C16H30N2O2S. The highest BCUT2D eigenvalue weighted by molar-refractivity contribution is 7.91. The smallest absolute Gasteiger partial charge is 0.154 e. The minimum atomic E-state index is -2.97. The van der Waals surface area contributed by atoms with Gasteiger partial charge in [-0.15, -0.1) is 0 Å². The van der Waals surface area contributed by atoms with Crippen LogP contribution in [0.2, 0.25) is 0 Å². The molecule has 0 aromatic carbocycles. The van der Waals surface area contributed by atoms with Crippen molar-refractivity contribution >= 4 is 9.84 Å². The molecule has 0 bridgehead atoms. The Bertz CT molecular complexity index is 506. The molecule has 1 atom stereocenters. The van der Waals surface area contributed by atoms with E-state index in [1.54, 1.807) is 13.8 Å². The van der Waals surface area contributed by atoms with Crippen LogP contribution in [-0.2, 0) is 16.4 Å². The third kappa shape index (κ3) is 5.83. The van der Waals surface area contributed by atoms with E-state index in [-0.39, 0.29) is 11.0 Å². The quantitative estimate of drug-likeness (QED) is 0.722. The number of hydrogen-bond donors (Lipinski definition) is 1. The number of nitrogens with zero attached hydrogens (tertiary/aromatic N) is 1. The summed E-state index contributed by atoms with van der Waals surface area (Å²) in [5, 5.41) is 3.26. The fourth-order valence-electron chi connectivity index (χ4n) is 2.27. The Morgan fingerprint density at radius 3 is 2.52 bits per heavy atom. The second kappa shape index (κ2) is 8.59. The van der Waals surface area contributed by atoms with Gasteiger partial charge in [0.1, 0.15) is 0 Å². The molecule has 0 saturated heterocycles. The van der Waals surface area contributed by atoms with Crippen molar-refractivity contribution in [2.24, 2.45) is 0 Å². The van der Waals surface area contributed by atoms with E-state index in [9.17, 15) is 8.42 Å². The summed E-state index contributed by atoms with van der Waals surface area (Å²) in [6.45, 7) is 9.38. The summed E-state index contributed by atoms with van der Waals surface area (Å²) in [7, 11) is -2.97. The molecule has 0 aliphatic carbocycles. The van der Waals surface area contributed by atoms with Crippen LogP contribution in [0.1, 0.15) is 58.6 Å². The van der Waals surface area contributed by atoms with Crippen molar-refractivity contribution in [2.75, 3.05) is 12.3 Å². The standard InChI is InChI=1S/C16H30N2O2S/c1-5-7-16(17-9-6-2)15-8-10-18(13-15)11-12-21(19,20)14(3)4/h8,10,13-14,16-17H,5-7,9,11-12H2,1-4H3. The average molecular weight is 314 g/mol. The van der Waals surface area contributed by atoms with Gasteiger partial charge < -0.3 is 9.88 Å². The predicted molar refractivity (Wildman–Crippen MR) is 89.3 cm³/mol. The molecular weight excluding hydrogens is 284 g/mol. The summed E-state index contributed by atoms with van der Waals surface area (Å²) in [5.41, 5.74) is 1.26. The van der Waals surface area contributed by atoms with Crippen LogP contribution >= 0.6 is 0 Å². The molecule has 21 heavy (non-hydrogen) atoms. The normalized spacial score (nSPS) is 13.8. The Morgan fingerprint density at radius 2 is 1.95 bits per heavy atom. The van der Waals surface area contributed by atoms with Crippen molar-refractivity contribution in [1.29, 1.82) is 0 Å². The number of aromatic nitrogens is 1. The first-order chi connectivity index (χ1) is 9.90. The zero-order valence-electron chi connectivity index (χ0n) is 13.8. The number of aryl methyl sites for hydroxylation is 1. The van der Waals surface area contributed by atoms with Crippen molar-refractivity contribution in [3.05, 3.63) is 24.0 Å². The van der Waals surface area contributed by atoms with Gasteiger partial charge in [0.05, 0.1) is 11.0 Å². The fraction of sp³-hybridized carbons (Fsp3) is 0.750. The molecule has 1 unspecified atom stereocenters. The molecule has 5 heteroatoms. The van der Waals surface area contributed by atoms with Crippen molar-refractivity contribution in [1.82, 2.24) is 9.88 Å². The zero-order valence-corrected chi connectivity index (χ0v) is 14.6. The number of nitrogens with one attached hydrogen (secondary N) is 1. The van der Waals surface area contributed by atoms with E-state index < -0.39 is 9.84 Å². The van der Waals surface area contributed by atoms with E-state index in [0.29, 0.717) is 12.6 Å². The predicted octanol–water partition coefficient (Wildman–Crippen LogP) is 3.15. The largest absolute Gasteiger partial charge is 0.353 e. The highest BCUT2D eigenvalue weighted by Crippen LogP contribution is 2.19. The molecule has 1 N–H and O–H groups in total. The molecule has 1 aromatic heterocycles. The van der Waals surface area contributed by atoms with Gasteiger partial charge in [0.2, 0.25) is 0 Å². The van der Waals surface area contributed by atoms with Gasteiger partial charge in [-0.1, -0.05) is 20.3 Å². The SMILES string of the molecule is CCCNC(CCC)c1ccn(CCS(=O)(=O)C(C)C)c1. The molecule has 122 valence electrons. The van der Waals surface area contributed by atoms with E-state index >= 15 is 0 Å². The molecule has 0 spiro atoms. The second-order valence-electron chi connectivity index (χ2n) is 5.89. The summed E-state index contributed by atoms with van der Waals surface area (Å²) in [6.07, 6.45) is 7.43. The molecule has 4 nitrogen and oxygen atoms in total. The molecule has 0 aliphatic heterocycles. The van der Waals surface area contributed by atoms with Gasteiger partial charge in [0, 0.05) is 25.0 Å². The van der Waals surface area contributed by atoms with Crippen molar-refractivity contribution in [2.45, 2.75) is 64.8 Å². The lowest BCUT2D eigenvalue weighted by Crippen LogP contribution is -2.22. The van der Waals surface area contributed by atoms with E-state index in [4.69, 9.17) is 0 Å². The fourth-order valence-corrected chi connectivity index (χ4v) is 3.20. The van der Waals surface area contributed by atoms with Gasteiger partial charge >= 0.3 is 0 Å². The molecule has 0 fully saturated rings. The Kier molecular flexibility index (Phi) is 7.46. The van der Waals surface area contributed by atoms with Crippen LogP contribution in [0.15, 0.2) is 18.5 Å². The van der Waals surface area contributed by atoms with Crippen LogP contribution in [-0.4, -0.2) is 30.5 Å². The topological polar surface area (TPSA) is 51.1 Å². The van der Waals surface area contributed by atoms with Crippen LogP contribution in [0.5, 0.6) is 0 Å². The average Bonchev–Trinajstić information content (AvgIpc) is 2.90. The van der Waals surface area contributed by atoms with Crippen molar-refractivity contribution in [3.63, 3.8) is 0 Å². The molecule has 1 aromatic rings. The van der Waals surface area contributed by atoms with E-state index in [2.05, 4.69) is 31.4 Å². The lowest BCUT2D eigenvalue weighted by Gasteiger charge is -2.16. The first kappa shape index (κ1) is 18.2. The third-order valence-corrected chi connectivity index (χ3v) is 5.93. The van der Waals surface area contributed by atoms with E-state index in [0.717, 1.165) is 25.8 Å². The first-order valence-electron chi connectivity index (χ1n) is 8.01. The van der Waals surface area contributed by atoms with Crippen LogP contribution in [0, 0.1) is 0 Å². The first-order valence-corrected chi connectivity index (χ1v) is 9.72. The zero-order chi connectivity index (χ0) is 15.9. The van der Waals surface area contributed by atoms with Gasteiger partial charge in [-0.2, -0.15) is 0 Å². The van der Waals surface area contributed by atoms with E-state index in [1.807, 2.05) is 10.8 Å². The summed E-state index contributed by atoms with van der Waals surface area (Å²) < 4.78 is 25.7. The Morgan fingerprint density at radius 1 is 1.24 bits per heavy atom. The highest BCUT2D eigenvalue weighted by Gasteiger charge is 2.16. The van der Waals surface area contributed by atoms with Gasteiger partial charge in [0.25, 0.3) is 0 Å². The van der Waals surface area contributed by atoms with Crippen LogP contribution in [0.25, 0.3) is 0 Å². The Balaban J connectivity index is 2.66. The van der Waals surface area contributed by atoms with Crippen molar-refractivity contribution in [3.8, 4) is 0 Å². The maximum atomic E-state index is 11.9. The maximum absolute atomic E-state index is 11.9. The summed E-state index contributed by atoms with van der Waals surface area (Å²) in [6, 6.07) is 2.48. The van der Waals surface area contributed by atoms with Gasteiger partial charge in [-0.25, -0.2) is 8.42 Å². The minimum Gasteiger partial charge on any atom is -0.353 e. The Hall–Kier alpha value is -0.810. The minimum absolute atomic E-state index is 0.208. The maximum Gasteiger partial charge on any atom is 0.154 e. The van der Waals surface area contributed by atoms with Crippen LogP contribution in [0.3, 0.4) is 0 Å². The van der Waals surface area contributed by atoms with Crippen LogP contribution < -0.4 is 5.32 Å².